The molecule has 0 aliphatic carbocycles. The van der Waals surface area contributed by atoms with Crippen LogP contribution in [0.25, 0.3) is 0 Å². The number of aliphatic hydroxyl groups is 1. The second-order valence-corrected chi connectivity index (χ2v) is 10.1. The summed E-state index contributed by atoms with van der Waals surface area (Å²) in [4.78, 5) is 43.5. The first kappa shape index (κ1) is 21.6. The number of nitrogens with zero attached hydrogens (tertiary/aromatic N) is 3. The molecule has 4 rings (SSSR count). The molecule has 0 aromatic rings. The van der Waals surface area contributed by atoms with Gasteiger partial charge in [-0.2, -0.15) is 0 Å². The molecule has 9 nitrogen and oxygen atoms in total. The molecule has 2 amide bonds. The molecule has 0 saturated carbocycles. The van der Waals surface area contributed by atoms with Crippen molar-refractivity contribution in [2.45, 2.75) is 43.7 Å². The van der Waals surface area contributed by atoms with Gasteiger partial charge in [-0.15, -0.1) is 11.8 Å². The number of rotatable bonds is 5. The molecule has 3 saturated heterocycles. The van der Waals surface area contributed by atoms with Crippen LogP contribution in [-0.2, 0) is 14.4 Å². The Morgan fingerprint density at radius 3 is 2.53 bits per heavy atom. The zero-order valence-corrected chi connectivity index (χ0v) is 18.4. The molecule has 0 radical (unpaired) electrons. The molecule has 0 bridgehead atoms. The summed E-state index contributed by atoms with van der Waals surface area (Å²) in [6.45, 7) is 7.24. The number of carboxylic acids is 1. The van der Waals surface area contributed by atoms with E-state index in [1.165, 1.54) is 16.7 Å². The fourth-order valence-electron chi connectivity index (χ4n) is 5.28. The van der Waals surface area contributed by atoms with E-state index >= 15 is 0 Å². The van der Waals surface area contributed by atoms with Crippen LogP contribution in [0, 0.1) is 11.8 Å². The lowest BCUT2D eigenvalue weighted by Gasteiger charge is -2.46. The lowest BCUT2D eigenvalue weighted by atomic mass is 9.79. The third kappa shape index (κ3) is 3.43. The summed E-state index contributed by atoms with van der Waals surface area (Å²) in [5.74, 6) is -1.98. The standard InChI is InChI=1S/C20H30N4O5S/c1-10-15-14(11(2)25)19(27)24(15)16(20(28)29)17(10)30-12-8-13(22(3)9-12)18(26)23-6-4-21-5-7-23/h10-15,21,25H,4-9H2,1-3H3,(H,28,29)/t10?,11?,12?,13?,14?,15-/m1/s1. The number of amides is 2. The Kier molecular flexibility index (Phi) is 5.86. The molecule has 10 heteroatoms. The molecule has 3 N–H and O–H groups in total. The zero-order chi connectivity index (χ0) is 21.7. The van der Waals surface area contributed by atoms with Gasteiger partial charge in [0.25, 0.3) is 0 Å². The van der Waals surface area contributed by atoms with Crippen LogP contribution in [0.4, 0.5) is 0 Å². The molecule has 4 heterocycles. The zero-order valence-electron chi connectivity index (χ0n) is 17.6. The highest BCUT2D eigenvalue weighted by Gasteiger charge is 2.60. The molecular weight excluding hydrogens is 408 g/mol. The van der Waals surface area contributed by atoms with Crippen LogP contribution in [0.5, 0.6) is 0 Å². The molecule has 30 heavy (non-hydrogen) atoms. The molecule has 3 fully saturated rings. The number of fused-ring (bicyclic) bond motifs is 1. The molecule has 0 aromatic heterocycles. The van der Waals surface area contributed by atoms with Crippen molar-refractivity contribution in [2.24, 2.45) is 11.8 Å². The van der Waals surface area contributed by atoms with Crippen molar-refractivity contribution < 1.29 is 24.6 Å². The summed E-state index contributed by atoms with van der Waals surface area (Å²) in [6.07, 6.45) is -0.148. The number of hydrogen-bond donors (Lipinski definition) is 3. The third-order valence-electron chi connectivity index (χ3n) is 6.83. The summed E-state index contributed by atoms with van der Waals surface area (Å²) in [5.41, 5.74) is 0.0546. The quantitative estimate of drug-likeness (QED) is 0.487. The lowest BCUT2D eigenvalue weighted by Crippen LogP contribution is -2.63. The van der Waals surface area contributed by atoms with Gasteiger partial charge in [0.1, 0.15) is 5.70 Å². The highest BCUT2D eigenvalue weighted by molar-refractivity contribution is 8.03. The monoisotopic (exact) mass is 438 g/mol. The number of thioether (sulfide) groups is 1. The first-order chi connectivity index (χ1) is 14.2. The maximum atomic E-state index is 13.0. The Bertz CT molecular complexity index is 781. The van der Waals surface area contributed by atoms with Gasteiger partial charge >= 0.3 is 5.97 Å². The van der Waals surface area contributed by atoms with E-state index in [4.69, 9.17) is 0 Å². The van der Waals surface area contributed by atoms with Crippen molar-refractivity contribution in [3.8, 4) is 0 Å². The largest absolute Gasteiger partial charge is 0.477 e. The van der Waals surface area contributed by atoms with Crippen LogP contribution in [-0.4, -0.2) is 106 Å². The van der Waals surface area contributed by atoms with E-state index in [-0.39, 0.29) is 40.8 Å². The highest BCUT2D eigenvalue weighted by Crippen LogP contribution is 2.52. The minimum Gasteiger partial charge on any atom is -0.477 e. The number of likely N-dealkylation sites (N-methyl/N-ethyl adjacent to an activating group) is 1. The second kappa shape index (κ2) is 8.14. The minimum absolute atomic E-state index is 0.0546. The number of likely N-dealkylation sites (tertiary alicyclic amines) is 1. The van der Waals surface area contributed by atoms with Gasteiger partial charge in [0, 0.05) is 48.8 Å². The molecule has 4 aliphatic heterocycles. The average molecular weight is 439 g/mol. The number of nitrogens with one attached hydrogen (secondary N) is 1. The third-order valence-corrected chi connectivity index (χ3v) is 8.32. The summed E-state index contributed by atoms with van der Waals surface area (Å²) in [6, 6.07) is -0.501. The summed E-state index contributed by atoms with van der Waals surface area (Å²) >= 11 is 1.49. The van der Waals surface area contributed by atoms with E-state index < -0.39 is 18.0 Å². The van der Waals surface area contributed by atoms with Gasteiger partial charge in [-0.25, -0.2) is 4.79 Å². The van der Waals surface area contributed by atoms with Crippen molar-refractivity contribution in [3.05, 3.63) is 10.6 Å². The molecular formula is C20H30N4O5S. The van der Waals surface area contributed by atoms with E-state index in [0.29, 0.717) is 31.0 Å². The van der Waals surface area contributed by atoms with Gasteiger partial charge in [-0.3, -0.25) is 14.5 Å². The topological polar surface area (TPSA) is 113 Å². The number of carboxylic acid groups (broad SMARTS) is 1. The van der Waals surface area contributed by atoms with E-state index in [2.05, 4.69) is 10.2 Å². The van der Waals surface area contributed by atoms with Gasteiger partial charge in [0.15, 0.2) is 0 Å². The van der Waals surface area contributed by atoms with E-state index in [1.54, 1.807) is 6.92 Å². The van der Waals surface area contributed by atoms with Crippen LogP contribution < -0.4 is 5.32 Å². The fraction of sp³-hybridized carbons (Fsp3) is 0.750. The van der Waals surface area contributed by atoms with Gasteiger partial charge in [0.2, 0.25) is 11.8 Å². The number of carbonyl (C=O) groups excluding carboxylic acids is 2. The van der Waals surface area contributed by atoms with E-state index in [0.717, 1.165) is 13.1 Å². The summed E-state index contributed by atoms with van der Waals surface area (Å²) in [5, 5.41) is 23.1. The Morgan fingerprint density at radius 1 is 1.27 bits per heavy atom. The molecule has 6 atom stereocenters. The molecule has 4 aliphatic rings. The van der Waals surface area contributed by atoms with Gasteiger partial charge in [-0.05, 0) is 20.4 Å². The number of β-lactam (4-membered cyclic amide) rings is 1. The second-order valence-electron chi connectivity index (χ2n) is 8.78. The Morgan fingerprint density at radius 2 is 1.93 bits per heavy atom. The minimum atomic E-state index is -1.11. The Labute approximate surface area is 180 Å². The van der Waals surface area contributed by atoms with Crippen LogP contribution in [0.3, 0.4) is 0 Å². The number of piperazine rings is 1. The number of hydrogen-bond acceptors (Lipinski definition) is 7. The predicted molar refractivity (Wildman–Crippen MR) is 111 cm³/mol. The maximum Gasteiger partial charge on any atom is 0.353 e. The molecule has 0 spiro atoms. The SMILES string of the molecule is CC(O)C1C(=O)N2C(C(=O)O)=C(SC3CC(C(=O)N4CCNCC4)N(C)C3)C(C)[C@H]12. The van der Waals surface area contributed by atoms with Crippen LogP contribution in [0.1, 0.15) is 20.3 Å². The van der Waals surface area contributed by atoms with Gasteiger partial charge in [-0.1, -0.05) is 6.92 Å². The fourth-order valence-corrected chi connectivity index (χ4v) is 6.88. The number of aliphatic carboxylic acids is 1. The van der Waals surface area contributed by atoms with Gasteiger partial charge < -0.3 is 25.3 Å². The summed E-state index contributed by atoms with van der Waals surface area (Å²) < 4.78 is 0. The Balaban J connectivity index is 1.49. The highest BCUT2D eigenvalue weighted by atomic mass is 32.2. The normalized spacial score (nSPS) is 35.5. The smallest absolute Gasteiger partial charge is 0.353 e. The maximum absolute atomic E-state index is 13.0. The van der Waals surface area contributed by atoms with Crippen molar-refractivity contribution >= 4 is 29.5 Å². The van der Waals surface area contributed by atoms with Crippen molar-refractivity contribution in [1.82, 2.24) is 20.0 Å². The molecule has 166 valence electrons. The van der Waals surface area contributed by atoms with Crippen LogP contribution >= 0.6 is 11.8 Å². The molecule has 0 aromatic carbocycles. The van der Waals surface area contributed by atoms with Crippen molar-refractivity contribution in [2.75, 3.05) is 39.8 Å². The van der Waals surface area contributed by atoms with E-state index in [1.807, 2.05) is 18.9 Å². The van der Waals surface area contributed by atoms with Gasteiger partial charge in [0.05, 0.1) is 24.1 Å². The van der Waals surface area contributed by atoms with Crippen LogP contribution in [0.15, 0.2) is 10.6 Å². The van der Waals surface area contributed by atoms with Crippen molar-refractivity contribution in [3.63, 3.8) is 0 Å². The number of carbonyl (C=O) groups is 3. The molecule has 5 unspecified atom stereocenters. The Hall–Kier alpha value is -1.62. The van der Waals surface area contributed by atoms with E-state index in [9.17, 15) is 24.6 Å². The lowest BCUT2D eigenvalue weighted by molar-refractivity contribution is -0.163. The van der Waals surface area contributed by atoms with Crippen molar-refractivity contribution in [1.29, 1.82) is 0 Å². The van der Waals surface area contributed by atoms with Crippen LogP contribution in [0.2, 0.25) is 0 Å². The first-order valence-electron chi connectivity index (χ1n) is 10.6. The summed E-state index contributed by atoms with van der Waals surface area (Å²) in [7, 11) is 1.94. The predicted octanol–water partition coefficient (Wildman–Crippen LogP) is -0.622. The first-order valence-corrected chi connectivity index (χ1v) is 11.4. The average Bonchev–Trinajstić information content (AvgIpc) is 3.18. The number of aliphatic hydroxyl groups excluding tert-OH is 1.